The SMILES string of the molecule is Cc1cc(F)c2sc(Br)nc2c1. The molecule has 0 amide bonds. The molecule has 0 aliphatic rings. The van der Waals surface area contributed by atoms with Gasteiger partial charge in [0, 0.05) is 0 Å². The first-order valence-corrected chi connectivity index (χ1v) is 5.00. The van der Waals surface area contributed by atoms with Crippen molar-refractivity contribution in [1.29, 1.82) is 0 Å². The van der Waals surface area contributed by atoms with Crippen molar-refractivity contribution >= 4 is 37.5 Å². The normalized spacial score (nSPS) is 10.9. The number of fused-ring (bicyclic) bond motifs is 1. The second kappa shape index (κ2) is 2.78. The number of benzene rings is 1. The lowest BCUT2D eigenvalue weighted by molar-refractivity contribution is 0.640. The van der Waals surface area contributed by atoms with E-state index in [1.807, 2.05) is 13.0 Å². The number of aromatic nitrogens is 1. The summed E-state index contributed by atoms with van der Waals surface area (Å²) in [6.07, 6.45) is 0. The van der Waals surface area contributed by atoms with Crippen molar-refractivity contribution in [2.75, 3.05) is 0 Å². The molecular weight excluding hydrogens is 241 g/mol. The summed E-state index contributed by atoms with van der Waals surface area (Å²) in [5, 5.41) is 0. The fourth-order valence-electron chi connectivity index (χ4n) is 1.10. The van der Waals surface area contributed by atoms with Crippen LogP contribution in [0.2, 0.25) is 0 Å². The zero-order chi connectivity index (χ0) is 8.72. The molecule has 0 N–H and O–H groups in total. The molecule has 0 spiro atoms. The number of hydrogen-bond donors (Lipinski definition) is 0. The van der Waals surface area contributed by atoms with Crippen LogP contribution in [0, 0.1) is 12.7 Å². The summed E-state index contributed by atoms with van der Waals surface area (Å²) in [4.78, 5) is 4.13. The summed E-state index contributed by atoms with van der Waals surface area (Å²) < 4.78 is 14.6. The van der Waals surface area contributed by atoms with Crippen molar-refractivity contribution in [2.24, 2.45) is 0 Å². The first-order chi connectivity index (χ1) is 5.66. The zero-order valence-electron chi connectivity index (χ0n) is 6.27. The summed E-state index contributed by atoms with van der Waals surface area (Å²) in [5.41, 5.74) is 1.63. The van der Waals surface area contributed by atoms with E-state index in [2.05, 4.69) is 20.9 Å². The molecule has 62 valence electrons. The van der Waals surface area contributed by atoms with Crippen molar-refractivity contribution in [3.05, 3.63) is 27.4 Å². The van der Waals surface area contributed by atoms with Gasteiger partial charge in [-0.1, -0.05) is 0 Å². The van der Waals surface area contributed by atoms with E-state index in [1.165, 1.54) is 17.4 Å². The topological polar surface area (TPSA) is 12.9 Å². The van der Waals surface area contributed by atoms with Gasteiger partial charge in [-0.05, 0) is 40.5 Å². The van der Waals surface area contributed by atoms with Gasteiger partial charge in [0.15, 0.2) is 3.92 Å². The van der Waals surface area contributed by atoms with Crippen LogP contribution in [0.4, 0.5) is 4.39 Å². The minimum Gasteiger partial charge on any atom is -0.229 e. The fraction of sp³-hybridized carbons (Fsp3) is 0.125. The number of aryl methyl sites for hydroxylation is 1. The summed E-state index contributed by atoms with van der Waals surface area (Å²) in [7, 11) is 0. The van der Waals surface area contributed by atoms with Gasteiger partial charge in [-0.2, -0.15) is 0 Å². The highest BCUT2D eigenvalue weighted by atomic mass is 79.9. The predicted octanol–water partition coefficient (Wildman–Crippen LogP) is 3.51. The summed E-state index contributed by atoms with van der Waals surface area (Å²) >= 11 is 4.54. The van der Waals surface area contributed by atoms with Gasteiger partial charge in [-0.15, -0.1) is 11.3 Å². The third kappa shape index (κ3) is 1.25. The van der Waals surface area contributed by atoms with Crippen molar-refractivity contribution < 1.29 is 4.39 Å². The smallest absolute Gasteiger partial charge is 0.160 e. The van der Waals surface area contributed by atoms with Crippen molar-refractivity contribution in [3.63, 3.8) is 0 Å². The molecule has 2 rings (SSSR count). The van der Waals surface area contributed by atoms with E-state index in [0.717, 1.165) is 15.0 Å². The van der Waals surface area contributed by atoms with E-state index >= 15 is 0 Å². The molecule has 0 unspecified atom stereocenters. The Balaban J connectivity index is 2.88. The van der Waals surface area contributed by atoms with E-state index in [1.54, 1.807) is 0 Å². The highest BCUT2D eigenvalue weighted by Crippen LogP contribution is 2.28. The molecule has 12 heavy (non-hydrogen) atoms. The number of halogens is 2. The van der Waals surface area contributed by atoms with Gasteiger partial charge in [0.25, 0.3) is 0 Å². The molecule has 0 atom stereocenters. The van der Waals surface area contributed by atoms with E-state index in [9.17, 15) is 4.39 Å². The Bertz CT molecular complexity index is 438. The van der Waals surface area contributed by atoms with Gasteiger partial charge in [0.05, 0.1) is 10.2 Å². The van der Waals surface area contributed by atoms with Crippen LogP contribution in [-0.2, 0) is 0 Å². The Labute approximate surface area is 81.4 Å². The third-order valence-electron chi connectivity index (χ3n) is 1.56. The van der Waals surface area contributed by atoms with Gasteiger partial charge in [-0.25, -0.2) is 9.37 Å². The molecule has 0 radical (unpaired) electrons. The Morgan fingerprint density at radius 2 is 2.25 bits per heavy atom. The summed E-state index contributed by atoms with van der Waals surface area (Å²) in [6.45, 7) is 1.86. The zero-order valence-corrected chi connectivity index (χ0v) is 8.67. The Morgan fingerprint density at radius 3 is 3.00 bits per heavy atom. The molecule has 0 aliphatic heterocycles. The Morgan fingerprint density at radius 1 is 1.50 bits per heavy atom. The molecule has 2 aromatic rings. The molecule has 0 saturated carbocycles. The molecule has 1 heterocycles. The van der Waals surface area contributed by atoms with Gasteiger partial charge >= 0.3 is 0 Å². The average molecular weight is 246 g/mol. The van der Waals surface area contributed by atoms with Crippen LogP contribution in [0.3, 0.4) is 0 Å². The van der Waals surface area contributed by atoms with Gasteiger partial charge in [0.2, 0.25) is 0 Å². The fourth-order valence-corrected chi connectivity index (χ4v) is 2.45. The summed E-state index contributed by atoms with van der Waals surface area (Å²) in [5.74, 6) is -0.187. The largest absolute Gasteiger partial charge is 0.229 e. The maximum atomic E-state index is 13.2. The molecule has 0 fully saturated rings. The van der Waals surface area contributed by atoms with Crippen LogP contribution < -0.4 is 0 Å². The highest BCUT2D eigenvalue weighted by molar-refractivity contribution is 9.11. The van der Waals surface area contributed by atoms with E-state index in [4.69, 9.17) is 0 Å². The minimum atomic E-state index is -0.187. The maximum absolute atomic E-state index is 13.2. The molecule has 0 saturated heterocycles. The highest BCUT2D eigenvalue weighted by Gasteiger charge is 2.06. The molecule has 1 aromatic heterocycles. The predicted molar refractivity (Wildman–Crippen MR) is 52.0 cm³/mol. The van der Waals surface area contributed by atoms with Crippen LogP contribution in [0.25, 0.3) is 10.2 Å². The molecule has 1 nitrogen and oxygen atoms in total. The molecule has 4 heteroatoms. The van der Waals surface area contributed by atoms with Crippen LogP contribution in [-0.4, -0.2) is 4.98 Å². The Hall–Kier alpha value is -0.480. The van der Waals surface area contributed by atoms with Gasteiger partial charge < -0.3 is 0 Å². The van der Waals surface area contributed by atoms with E-state index in [0.29, 0.717) is 4.70 Å². The third-order valence-corrected chi connectivity index (χ3v) is 3.09. The minimum absolute atomic E-state index is 0.187. The lowest BCUT2D eigenvalue weighted by atomic mass is 10.2. The average Bonchev–Trinajstić information content (AvgIpc) is 2.29. The van der Waals surface area contributed by atoms with Crippen LogP contribution in [0.5, 0.6) is 0 Å². The quantitative estimate of drug-likeness (QED) is 0.693. The monoisotopic (exact) mass is 245 g/mol. The first kappa shape index (κ1) is 8.13. The van der Waals surface area contributed by atoms with Crippen LogP contribution in [0.1, 0.15) is 5.56 Å². The Kier molecular flexibility index (Phi) is 1.88. The lowest BCUT2D eigenvalue weighted by Crippen LogP contribution is -1.78. The number of rotatable bonds is 0. The second-order valence-corrected chi connectivity index (χ2v) is 4.84. The van der Waals surface area contributed by atoms with Gasteiger partial charge in [0.1, 0.15) is 5.82 Å². The molecule has 0 bridgehead atoms. The number of nitrogens with zero attached hydrogens (tertiary/aromatic N) is 1. The second-order valence-electron chi connectivity index (χ2n) is 2.56. The van der Waals surface area contributed by atoms with Crippen molar-refractivity contribution in [3.8, 4) is 0 Å². The standard InChI is InChI=1S/C8H5BrFNS/c1-4-2-5(10)7-6(3-4)11-8(9)12-7/h2-3H,1H3. The van der Waals surface area contributed by atoms with Crippen molar-refractivity contribution in [2.45, 2.75) is 6.92 Å². The molecule has 1 aromatic carbocycles. The number of hydrogen-bond acceptors (Lipinski definition) is 2. The lowest BCUT2D eigenvalue weighted by Gasteiger charge is -1.92. The molecule has 0 aliphatic carbocycles. The van der Waals surface area contributed by atoms with Crippen LogP contribution >= 0.6 is 27.3 Å². The molecular formula is C8H5BrFNS. The van der Waals surface area contributed by atoms with Crippen LogP contribution in [0.15, 0.2) is 16.0 Å². The van der Waals surface area contributed by atoms with Gasteiger partial charge in [-0.3, -0.25) is 0 Å². The summed E-state index contributed by atoms with van der Waals surface area (Å²) in [6, 6.07) is 3.40. The van der Waals surface area contributed by atoms with E-state index < -0.39 is 0 Å². The number of thiazole rings is 1. The first-order valence-electron chi connectivity index (χ1n) is 3.39. The maximum Gasteiger partial charge on any atom is 0.160 e. The van der Waals surface area contributed by atoms with E-state index in [-0.39, 0.29) is 5.82 Å². The van der Waals surface area contributed by atoms with Crippen molar-refractivity contribution in [1.82, 2.24) is 4.98 Å².